The first-order valence-electron chi connectivity index (χ1n) is 9.94. The Labute approximate surface area is 182 Å². The van der Waals surface area contributed by atoms with E-state index in [1.807, 2.05) is 0 Å². The summed E-state index contributed by atoms with van der Waals surface area (Å²) >= 11 is 5.89. The Morgan fingerprint density at radius 3 is 2.26 bits per heavy atom. The molecule has 160 valence electrons. The summed E-state index contributed by atoms with van der Waals surface area (Å²) in [6.07, 6.45) is 0. The van der Waals surface area contributed by atoms with Gasteiger partial charge in [-0.15, -0.1) is 0 Å². The Morgan fingerprint density at radius 2 is 1.61 bits per heavy atom. The third-order valence-electron chi connectivity index (χ3n) is 5.38. The molecule has 1 aliphatic rings. The van der Waals surface area contributed by atoms with Crippen LogP contribution in [0.15, 0.2) is 47.3 Å². The third-order valence-corrected chi connectivity index (χ3v) is 5.62. The van der Waals surface area contributed by atoms with E-state index < -0.39 is 11.7 Å². The number of nitrogens with zero attached hydrogens (tertiary/aromatic N) is 4. The van der Waals surface area contributed by atoms with Crippen LogP contribution in [0.4, 0.5) is 4.39 Å². The first-order valence-corrected chi connectivity index (χ1v) is 10.3. The zero-order chi connectivity index (χ0) is 22.1. The first-order chi connectivity index (χ1) is 14.9. The first kappa shape index (κ1) is 21.0. The summed E-state index contributed by atoms with van der Waals surface area (Å²) in [6, 6.07) is 10.7. The number of carbonyl (C=O) groups is 2. The van der Waals surface area contributed by atoms with E-state index in [1.165, 1.54) is 21.7 Å². The summed E-state index contributed by atoms with van der Waals surface area (Å²) in [5, 5.41) is 5.50. The van der Waals surface area contributed by atoms with Crippen LogP contribution in [0.3, 0.4) is 0 Å². The molecule has 9 heteroatoms. The van der Waals surface area contributed by atoms with E-state index in [4.69, 9.17) is 11.6 Å². The van der Waals surface area contributed by atoms with Crippen molar-refractivity contribution in [1.29, 1.82) is 0 Å². The molecule has 3 aromatic rings. The number of halogens is 2. The molecule has 1 aliphatic heterocycles. The topological polar surface area (TPSA) is 75.5 Å². The second kappa shape index (κ2) is 8.47. The van der Waals surface area contributed by atoms with Crippen molar-refractivity contribution < 1.29 is 14.0 Å². The highest BCUT2D eigenvalue weighted by Crippen LogP contribution is 2.19. The Balaban J connectivity index is 1.55. The summed E-state index contributed by atoms with van der Waals surface area (Å²) in [4.78, 5) is 41.5. The molecule has 2 amide bonds. The molecular formula is C22H20ClFN4O3. The van der Waals surface area contributed by atoms with Crippen LogP contribution in [0, 0.1) is 5.82 Å². The van der Waals surface area contributed by atoms with Gasteiger partial charge in [0.1, 0.15) is 5.82 Å². The van der Waals surface area contributed by atoms with Gasteiger partial charge in [-0.05, 0) is 31.2 Å². The van der Waals surface area contributed by atoms with Crippen molar-refractivity contribution in [2.45, 2.75) is 13.5 Å². The van der Waals surface area contributed by atoms with Gasteiger partial charge in [0.05, 0.1) is 10.9 Å². The molecule has 1 fully saturated rings. The minimum atomic E-state index is -0.634. The molecule has 2 aromatic carbocycles. The molecular weight excluding hydrogens is 423 g/mol. The van der Waals surface area contributed by atoms with E-state index in [-0.39, 0.29) is 53.9 Å². The standard InChI is InChI=1S/C22H20ClFN4O3/c1-2-28-21(30)16-6-4-3-5-15(16)19(25-28)22(31)27-11-9-26(10-12-27)20(29)17-13-14(23)7-8-18(17)24/h3-8,13H,2,9-12H2,1H3. The van der Waals surface area contributed by atoms with Gasteiger partial charge < -0.3 is 9.80 Å². The fraction of sp³-hybridized carbons (Fsp3) is 0.273. The zero-order valence-electron chi connectivity index (χ0n) is 16.8. The number of benzene rings is 2. The lowest BCUT2D eigenvalue weighted by Gasteiger charge is -2.34. The number of aromatic nitrogens is 2. The molecule has 0 atom stereocenters. The van der Waals surface area contributed by atoms with Crippen molar-refractivity contribution in [3.63, 3.8) is 0 Å². The molecule has 1 saturated heterocycles. The average molecular weight is 443 g/mol. The van der Waals surface area contributed by atoms with E-state index in [0.29, 0.717) is 17.3 Å². The van der Waals surface area contributed by atoms with Crippen molar-refractivity contribution >= 4 is 34.2 Å². The summed E-state index contributed by atoms with van der Waals surface area (Å²) in [5.41, 5.74) is -0.124. The van der Waals surface area contributed by atoms with Gasteiger partial charge in [-0.1, -0.05) is 29.8 Å². The third kappa shape index (κ3) is 3.90. The number of amides is 2. The van der Waals surface area contributed by atoms with Crippen LogP contribution in [-0.4, -0.2) is 57.6 Å². The summed E-state index contributed by atoms with van der Waals surface area (Å²) in [6.45, 7) is 3.18. The van der Waals surface area contributed by atoms with Crippen LogP contribution in [0.5, 0.6) is 0 Å². The van der Waals surface area contributed by atoms with E-state index in [0.717, 1.165) is 6.07 Å². The number of fused-ring (bicyclic) bond motifs is 1. The lowest BCUT2D eigenvalue weighted by molar-refractivity contribution is 0.0529. The predicted octanol–water partition coefficient (Wildman–Crippen LogP) is 2.81. The number of hydrogen-bond donors (Lipinski definition) is 0. The van der Waals surface area contributed by atoms with Crippen molar-refractivity contribution in [3.05, 3.63) is 74.9 Å². The van der Waals surface area contributed by atoms with E-state index >= 15 is 0 Å². The SMILES string of the molecule is CCn1nc(C(=O)N2CCN(C(=O)c3cc(Cl)ccc3F)CC2)c2ccccc2c1=O. The Hall–Kier alpha value is -3.26. The minimum Gasteiger partial charge on any atom is -0.335 e. The van der Waals surface area contributed by atoms with E-state index in [1.54, 1.807) is 36.1 Å². The minimum absolute atomic E-state index is 0.0880. The molecule has 0 saturated carbocycles. The fourth-order valence-electron chi connectivity index (χ4n) is 3.70. The molecule has 1 aromatic heterocycles. The summed E-state index contributed by atoms with van der Waals surface area (Å²) < 4.78 is 15.3. The second-order valence-electron chi connectivity index (χ2n) is 7.22. The molecule has 0 radical (unpaired) electrons. The lowest BCUT2D eigenvalue weighted by atomic mass is 10.1. The van der Waals surface area contributed by atoms with Crippen LogP contribution in [0.2, 0.25) is 5.02 Å². The maximum atomic E-state index is 14.0. The fourth-order valence-corrected chi connectivity index (χ4v) is 3.87. The van der Waals surface area contributed by atoms with Crippen LogP contribution in [-0.2, 0) is 6.54 Å². The molecule has 4 rings (SSSR count). The Morgan fingerprint density at radius 1 is 1.00 bits per heavy atom. The highest BCUT2D eigenvalue weighted by Gasteiger charge is 2.29. The zero-order valence-corrected chi connectivity index (χ0v) is 17.6. The number of rotatable bonds is 3. The molecule has 0 spiro atoms. The molecule has 0 aliphatic carbocycles. The van der Waals surface area contributed by atoms with Gasteiger partial charge in [-0.3, -0.25) is 14.4 Å². The predicted molar refractivity (Wildman–Crippen MR) is 115 cm³/mol. The highest BCUT2D eigenvalue weighted by molar-refractivity contribution is 6.31. The number of carbonyl (C=O) groups excluding carboxylic acids is 2. The van der Waals surface area contributed by atoms with Gasteiger partial charge in [-0.2, -0.15) is 5.10 Å². The molecule has 7 nitrogen and oxygen atoms in total. The summed E-state index contributed by atoms with van der Waals surface area (Å²) in [7, 11) is 0. The van der Waals surface area contributed by atoms with Crippen molar-refractivity contribution in [1.82, 2.24) is 19.6 Å². The number of aryl methyl sites for hydroxylation is 1. The maximum Gasteiger partial charge on any atom is 0.275 e. The van der Waals surface area contributed by atoms with Crippen molar-refractivity contribution in [2.75, 3.05) is 26.2 Å². The largest absolute Gasteiger partial charge is 0.335 e. The van der Waals surface area contributed by atoms with Gasteiger partial charge in [0.2, 0.25) is 0 Å². The van der Waals surface area contributed by atoms with E-state index in [9.17, 15) is 18.8 Å². The van der Waals surface area contributed by atoms with E-state index in [2.05, 4.69) is 5.10 Å². The number of piperazine rings is 1. The van der Waals surface area contributed by atoms with Crippen LogP contribution >= 0.6 is 11.6 Å². The van der Waals surface area contributed by atoms with Gasteiger partial charge in [0, 0.05) is 43.1 Å². The maximum absolute atomic E-state index is 14.0. The monoisotopic (exact) mass is 442 g/mol. The normalized spacial score (nSPS) is 14.2. The molecule has 0 N–H and O–H groups in total. The molecule has 31 heavy (non-hydrogen) atoms. The van der Waals surface area contributed by atoms with Gasteiger partial charge in [0.25, 0.3) is 17.4 Å². The Kier molecular flexibility index (Phi) is 5.73. The quantitative estimate of drug-likeness (QED) is 0.625. The lowest BCUT2D eigenvalue weighted by Crippen LogP contribution is -2.51. The smallest absolute Gasteiger partial charge is 0.275 e. The number of hydrogen-bond acceptors (Lipinski definition) is 4. The second-order valence-corrected chi connectivity index (χ2v) is 7.66. The average Bonchev–Trinajstić information content (AvgIpc) is 2.80. The summed E-state index contributed by atoms with van der Waals surface area (Å²) in [5.74, 6) is -1.40. The molecule has 2 heterocycles. The van der Waals surface area contributed by atoms with Crippen LogP contribution in [0.25, 0.3) is 10.8 Å². The van der Waals surface area contributed by atoms with Gasteiger partial charge >= 0.3 is 0 Å². The van der Waals surface area contributed by atoms with Crippen LogP contribution < -0.4 is 5.56 Å². The van der Waals surface area contributed by atoms with Crippen LogP contribution in [0.1, 0.15) is 27.8 Å². The molecule has 0 bridgehead atoms. The van der Waals surface area contributed by atoms with Gasteiger partial charge in [0.15, 0.2) is 5.69 Å². The Bertz CT molecular complexity index is 1240. The van der Waals surface area contributed by atoms with Crippen molar-refractivity contribution in [3.8, 4) is 0 Å². The highest BCUT2D eigenvalue weighted by atomic mass is 35.5. The molecule has 0 unspecified atom stereocenters. The van der Waals surface area contributed by atoms with Gasteiger partial charge in [-0.25, -0.2) is 9.07 Å². The van der Waals surface area contributed by atoms with Crippen molar-refractivity contribution in [2.24, 2.45) is 0 Å².